The molecule has 0 saturated carbocycles. The van der Waals surface area contributed by atoms with Crippen LogP contribution in [0, 0.1) is 0 Å². The molecule has 2 N–H and O–H groups in total. The number of aromatic carboxylic acids is 2. The van der Waals surface area contributed by atoms with Crippen LogP contribution in [-0.2, 0) is 0 Å². The number of nitrogens with zero attached hydrogens (tertiary/aromatic N) is 2. The molecule has 2 aliphatic rings. The number of carbonyl (C=O) groups excluding carboxylic acids is 4. The molecule has 5 aromatic rings. The molecule has 4 amide bonds. The lowest BCUT2D eigenvalue weighted by atomic mass is 10.1. The highest BCUT2D eigenvalue weighted by atomic mass is 16.5. The number of rotatable bonds is 8. The zero-order chi connectivity index (χ0) is 33.7. The van der Waals surface area contributed by atoms with E-state index in [1.54, 1.807) is 24.3 Å². The van der Waals surface area contributed by atoms with Crippen molar-refractivity contribution in [1.29, 1.82) is 0 Å². The van der Waals surface area contributed by atoms with Gasteiger partial charge in [-0.3, -0.25) is 19.2 Å². The van der Waals surface area contributed by atoms with Gasteiger partial charge in [-0.05, 0) is 72.8 Å². The molecule has 7 rings (SSSR count). The lowest BCUT2D eigenvalue weighted by Gasteiger charge is -2.16. The highest BCUT2D eigenvalue weighted by molar-refractivity contribution is 6.36. The second kappa shape index (κ2) is 11.4. The van der Waals surface area contributed by atoms with Crippen LogP contribution in [0.3, 0.4) is 0 Å². The first-order valence-electron chi connectivity index (χ1n) is 14.3. The summed E-state index contributed by atoms with van der Waals surface area (Å²) in [5, 5.41) is 19.1. The normalized spacial score (nSPS) is 13.4. The Morgan fingerprint density at radius 2 is 0.812 bits per heavy atom. The fraction of sp³-hybridized carbons (Fsp3) is 0. The molecule has 5 aromatic carbocycles. The molecule has 0 radical (unpaired) electrons. The van der Waals surface area contributed by atoms with Crippen LogP contribution in [0.25, 0.3) is 0 Å². The number of hydrogen-bond donors (Lipinski definition) is 2. The molecule has 0 aliphatic carbocycles. The standard InChI is InChI=1S/C36H20N2O10/c39-31-23-14-12-21(17-27(23)33(41)37(31)29-10-3-1-8-25(29)35(43)44)47-19-6-5-7-20(16-19)48-22-13-15-24-28(18-22)34(42)38(32(24)40)30-11-4-2-9-26(30)36(45)46/h1-18H,(H,43,44)(H,45,46). The van der Waals surface area contributed by atoms with E-state index in [1.807, 2.05) is 0 Å². The van der Waals surface area contributed by atoms with Gasteiger partial charge in [0.1, 0.15) is 23.0 Å². The van der Waals surface area contributed by atoms with Gasteiger partial charge in [-0.1, -0.05) is 30.3 Å². The van der Waals surface area contributed by atoms with Gasteiger partial charge in [-0.25, -0.2) is 19.4 Å². The summed E-state index contributed by atoms with van der Waals surface area (Å²) in [6, 6.07) is 26.5. The second-order valence-electron chi connectivity index (χ2n) is 10.6. The summed E-state index contributed by atoms with van der Waals surface area (Å²) in [5.74, 6) is -4.20. The molecule has 2 aliphatic heterocycles. The SMILES string of the molecule is O=C(O)c1ccccc1N1C(=O)c2ccc(Oc3cccc(Oc4ccc5c(c4)C(=O)N(c4ccccc4C(=O)O)C5=O)c3)cc2C1=O. The van der Waals surface area contributed by atoms with Crippen molar-refractivity contribution in [3.05, 3.63) is 143 Å². The van der Waals surface area contributed by atoms with E-state index in [1.165, 1.54) is 84.9 Å². The van der Waals surface area contributed by atoms with Crippen LogP contribution in [0.2, 0.25) is 0 Å². The maximum Gasteiger partial charge on any atom is 0.337 e. The Hall–Kier alpha value is -7.08. The minimum absolute atomic E-state index is 0.0427. The number of imide groups is 2. The van der Waals surface area contributed by atoms with Crippen molar-refractivity contribution in [3.8, 4) is 23.0 Å². The molecule has 0 spiro atoms. The van der Waals surface area contributed by atoms with Crippen molar-refractivity contribution in [2.75, 3.05) is 9.80 Å². The maximum atomic E-state index is 13.3. The molecular formula is C36H20N2O10. The largest absolute Gasteiger partial charge is 0.478 e. The zero-order valence-electron chi connectivity index (χ0n) is 24.4. The lowest BCUT2D eigenvalue weighted by molar-refractivity contribution is 0.0686. The van der Waals surface area contributed by atoms with Crippen molar-refractivity contribution in [3.63, 3.8) is 0 Å². The molecular weight excluding hydrogens is 620 g/mol. The summed E-state index contributed by atoms with van der Waals surface area (Å²) in [6.45, 7) is 0. The van der Waals surface area contributed by atoms with Crippen molar-refractivity contribution < 1.29 is 48.5 Å². The van der Waals surface area contributed by atoms with E-state index in [0.29, 0.717) is 11.5 Å². The fourth-order valence-corrected chi connectivity index (χ4v) is 5.58. The van der Waals surface area contributed by atoms with Gasteiger partial charge in [0.05, 0.1) is 44.8 Å². The fourth-order valence-electron chi connectivity index (χ4n) is 5.58. The van der Waals surface area contributed by atoms with Gasteiger partial charge in [0, 0.05) is 6.07 Å². The average Bonchev–Trinajstić information content (AvgIpc) is 3.47. The summed E-state index contributed by atoms with van der Waals surface area (Å²) >= 11 is 0. The van der Waals surface area contributed by atoms with Crippen LogP contribution in [0.4, 0.5) is 11.4 Å². The number of anilines is 2. The van der Waals surface area contributed by atoms with Gasteiger partial charge in [0.2, 0.25) is 0 Å². The number of benzene rings is 5. The summed E-state index contributed by atoms with van der Waals surface area (Å²) in [4.78, 5) is 77.8. The number of amides is 4. The average molecular weight is 641 g/mol. The Kier molecular flexibility index (Phi) is 7.02. The van der Waals surface area contributed by atoms with E-state index >= 15 is 0 Å². The van der Waals surface area contributed by atoms with Crippen LogP contribution in [0.15, 0.2) is 109 Å². The molecule has 0 atom stereocenters. The number of hydrogen-bond acceptors (Lipinski definition) is 8. The third kappa shape index (κ3) is 4.90. The number of para-hydroxylation sites is 2. The first-order chi connectivity index (χ1) is 23.1. The van der Waals surface area contributed by atoms with Gasteiger partial charge in [0.25, 0.3) is 23.6 Å². The number of ether oxygens (including phenoxy) is 2. The van der Waals surface area contributed by atoms with Crippen molar-refractivity contribution >= 4 is 46.9 Å². The lowest BCUT2D eigenvalue weighted by Crippen LogP contribution is -2.30. The summed E-state index contributed by atoms with van der Waals surface area (Å²) < 4.78 is 11.9. The zero-order valence-corrected chi connectivity index (χ0v) is 24.4. The Morgan fingerprint density at radius 1 is 0.438 bits per heavy atom. The molecule has 48 heavy (non-hydrogen) atoms. The predicted octanol–water partition coefficient (Wildman–Crippen LogP) is 6.27. The van der Waals surface area contributed by atoms with E-state index in [2.05, 4.69) is 0 Å². The van der Waals surface area contributed by atoms with E-state index in [-0.39, 0.29) is 56.3 Å². The molecule has 2 heterocycles. The number of carboxylic acids is 2. The monoisotopic (exact) mass is 640 g/mol. The van der Waals surface area contributed by atoms with Gasteiger partial charge < -0.3 is 19.7 Å². The van der Waals surface area contributed by atoms with Crippen LogP contribution in [0.1, 0.15) is 62.1 Å². The highest BCUT2D eigenvalue weighted by Gasteiger charge is 2.40. The third-order valence-electron chi connectivity index (χ3n) is 7.74. The quantitative estimate of drug-likeness (QED) is 0.185. The smallest absolute Gasteiger partial charge is 0.337 e. The predicted molar refractivity (Wildman–Crippen MR) is 169 cm³/mol. The highest BCUT2D eigenvalue weighted by Crippen LogP contribution is 2.37. The van der Waals surface area contributed by atoms with Gasteiger partial charge >= 0.3 is 11.9 Å². The van der Waals surface area contributed by atoms with Crippen LogP contribution in [0.5, 0.6) is 23.0 Å². The van der Waals surface area contributed by atoms with E-state index in [9.17, 15) is 39.0 Å². The molecule has 12 heteroatoms. The third-order valence-corrected chi connectivity index (χ3v) is 7.74. The number of carboxylic acid groups (broad SMARTS) is 2. The molecule has 234 valence electrons. The van der Waals surface area contributed by atoms with E-state index in [0.717, 1.165) is 9.80 Å². The minimum Gasteiger partial charge on any atom is -0.478 e. The summed E-state index contributed by atoms with van der Waals surface area (Å²) in [6.07, 6.45) is 0. The first kappa shape index (κ1) is 29.6. The van der Waals surface area contributed by atoms with E-state index < -0.39 is 35.6 Å². The van der Waals surface area contributed by atoms with Gasteiger partial charge in [-0.15, -0.1) is 0 Å². The molecule has 0 saturated heterocycles. The first-order valence-corrected chi connectivity index (χ1v) is 14.3. The van der Waals surface area contributed by atoms with Crippen LogP contribution < -0.4 is 19.3 Å². The molecule has 0 bridgehead atoms. The van der Waals surface area contributed by atoms with Crippen molar-refractivity contribution in [2.45, 2.75) is 0 Å². The van der Waals surface area contributed by atoms with Gasteiger partial charge in [0.15, 0.2) is 0 Å². The maximum absolute atomic E-state index is 13.3. The van der Waals surface area contributed by atoms with E-state index in [4.69, 9.17) is 9.47 Å². The Bertz CT molecular complexity index is 2110. The van der Waals surface area contributed by atoms with Crippen LogP contribution >= 0.6 is 0 Å². The second-order valence-corrected chi connectivity index (χ2v) is 10.6. The summed E-state index contributed by atoms with van der Waals surface area (Å²) in [7, 11) is 0. The Balaban J connectivity index is 1.10. The van der Waals surface area contributed by atoms with Crippen molar-refractivity contribution in [2.24, 2.45) is 0 Å². The topological polar surface area (TPSA) is 168 Å². The molecule has 0 fully saturated rings. The Labute approximate surface area is 270 Å². The van der Waals surface area contributed by atoms with Crippen LogP contribution in [-0.4, -0.2) is 45.8 Å². The Morgan fingerprint density at radius 3 is 1.23 bits per heavy atom. The minimum atomic E-state index is -1.28. The van der Waals surface area contributed by atoms with Crippen molar-refractivity contribution in [1.82, 2.24) is 0 Å². The number of carbonyl (C=O) groups is 6. The van der Waals surface area contributed by atoms with Gasteiger partial charge in [-0.2, -0.15) is 0 Å². The molecule has 12 nitrogen and oxygen atoms in total. The molecule has 0 unspecified atom stereocenters. The number of fused-ring (bicyclic) bond motifs is 2. The molecule has 0 aromatic heterocycles. The summed E-state index contributed by atoms with van der Waals surface area (Å²) in [5.41, 5.74) is -0.192.